The van der Waals surface area contributed by atoms with E-state index in [2.05, 4.69) is 10.3 Å². The van der Waals surface area contributed by atoms with Crippen LogP contribution in [0.5, 0.6) is 17.2 Å². The Bertz CT molecular complexity index is 1390. The molecule has 0 saturated carbocycles. The average molecular weight is 464 g/mol. The first-order chi connectivity index (χ1) is 16.4. The van der Waals surface area contributed by atoms with Crippen molar-refractivity contribution >= 4 is 17.1 Å². The summed E-state index contributed by atoms with van der Waals surface area (Å²) < 4.78 is 27.6. The third kappa shape index (κ3) is 4.45. The molecule has 0 fully saturated rings. The topological polar surface area (TPSA) is 113 Å². The normalized spacial score (nSPS) is 10.8. The van der Waals surface area contributed by atoms with Gasteiger partial charge in [0.05, 0.1) is 39.9 Å². The highest BCUT2D eigenvalue weighted by molar-refractivity contribution is 5.90. The van der Waals surface area contributed by atoms with Crippen LogP contribution in [-0.2, 0) is 17.8 Å². The van der Waals surface area contributed by atoms with E-state index in [1.807, 2.05) is 0 Å². The first kappa shape index (κ1) is 22.9. The van der Waals surface area contributed by atoms with Crippen LogP contribution < -0.4 is 25.0 Å². The number of hydrogen-bond donors (Lipinski definition) is 1. The minimum absolute atomic E-state index is 0.0651. The summed E-state index contributed by atoms with van der Waals surface area (Å²) in [6.45, 7) is 1.79. The van der Waals surface area contributed by atoms with Gasteiger partial charge in [0.25, 0.3) is 0 Å². The van der Waals surface area contributed by atoms with Gasteiger partial charge in [0.1, 0.15) is 23.0 Å². The Labute approximate surface area is 195 Å². The van der Waals surface area contributed by atoms with Gasteiger partial charge < -0.3 is 28.4 Å². The van der Waals surface area contributed by atoms with Crippen LogP contribution in [0.2, 0.25) is 0 Å². The smallest absolute Gasteiger partial charge is 0.228 e. The number of pyridine rings is 1. The van der Waals surface area contributed by atoms with Gasteiger partial charge in [-0.25, -0.2) is 0 Å². The molecular formula is C25H24N2O7. The molecule has 4 rings (SSSR count). The summed E-state index contributed by atoms with van der Waals surface area (Å²) in [6.07, 6.45) is 1.50. The van der Waals surface area contributed by atoms with Gasteiger partial charge in [-0.1, -0.05) is 0 Å². The number of fused-ring (bicyclic) bond motifs is 1. The molecule has 3 aromatic heterocycles. The van der Waals surface area contributed by atoms with Crippen LogP contribution in [0.3, 0.4) is 0 Å². The number of nitrogens with zero attached hydrogens (tertiary/aromatic N) is 1. The van der Waals surface area contributed by atoms with Crippen LogP contribution in [-0.4, -0.2) is 32.2 Å². The lowest BCUT2D eigenvalue weighted by Crippen LogP contribution is -2.25. The van der Waals surface area contributed by atoms with E-state index in [1.54, 1.807) is 50.6 Å². The molecule has 0 radical (unpaired) electrons. The summed E-state index contributed by atoms with van der Waals surface area (Å²) in [7, 11) is 4.61. The van der Waals surface area contributed by atoms with Gasteiger partial charge >= 0.3 is 0 Å². The van der Waals surface area contributed by atoms with Crippen molar-refractivity contribution in [2.45, 2.75) is 19.9 Å². The van der Waals surface area contributed by atoms with Crippen molar-refractivity contribution < 1.29 is 27.8 Å². The molecule has 0 spiro atoms. The number of rotatable bonds is 8. The van der Waals surface area contributed by atoms with Gasteiger partial charge in [0.2, 0.25) is 16.9 Å². The van der Waals surface area contributed by atoms with E-state index in [0.29, 0.717) is 45.6 Å². The van der Waals surface area contributed by atoms with E-state index < -0.39 is 0 Å². The number of hydrogen-bond acceptors (Lipinski definition) is 8. The van der Waals surface area contributed by atoms with Crippen molar-refractivity contribution in [2.24, 2.45) is 0 Å². The standard InChI is InChI=1S/C25H24N2O7/c1-14-11-19(28)25-23(33-14)17(22(34-25)15-5-7-16(30-2)8-6-15)12-21(29)27-13-18-24(32-4)20(31-3)9-10-26-18/h5-11H,12-13H2,1-4H3,(H,27,29). The number of ether oxygens (including phenoxy) is 3. The number of aryl methyl sites for hydroxylation is 1. The average Bonchev–Trinajstić information content (AvgIpc) is 3.20. The van der Waals surface area contributed by atoms with Crippen LogP contribution in [0.25, 0.3) is 22.5 Å². The predicted molar refractivity (Wildman–Crippen MR) is 124 cm³/mol. The second kappa shape index (κ2) is 9.70. The number of methoxy groups -OCH3 is 3. The number of furan rings is 1. The third-order valence-electron chi connectivity index (χ3n) is 5.29. The fraction of sp³-hybridized carbons (Fsp3) is 0.240. The quantitative estimate of drug-likeness (QED) is 0.421. The Morgan fingerprint density at radius 1 is 1.00 bits per heavy atom. The molecule has 0 bridgehead atoms. The maximum absolute atomic E-state index is 12.9. The largest absolute Gasteiger partial charge is 0.497 e. The minimum Gasteiger partial charge on any atom is -0.497 e. The highest BCUT2D eigenvalue weighted by Gasteiger charge is 2.23. The SMILES string of the molecule is COc1ccc(-c2oc3c(=O)cc(C)oc3c2CC(=O)NCc2nccc(OC)c2OC)cc1. The maximum atomic E-state index is 12.9. The van der Waals surface area contributed by atoms with Gasteiger partial charge in [0, 0.05) is 23.9 Å². The molecule has 1 amide bonds. The Morgan fingerprint density at radius 3 is 2.44 bits per heavy atom. The number of benzene rings is 1. The zero-order valence-corrected chi connectivity index (χ0v) is 19.3. The van der Waals surface area contributed by atoms with Crippen LogP contribution in [0, 0.1) is 6.92 Å². The first-order valence-electron chi connectivity index (χ1n) is 10.5. The lowest BCUT2D eigenvalue weighted by molar-refractivity contribution is -0.120. The van der Waals surface area contributed by atoms with E-state index in [-0.39, 0.29) is 35.5 Å². The van der Waals surface area contributed by atoms with E-state index >= 15 is 0 Å². The van der Waals surface area contributed by atoms with Gasteiger partial charge in [-0.05, 0) is 31.2 Å². The van der Waals surface area contributed by atoms with E-state index in [4.69, 9.17) is 23.0 Å². The zero-order chi connectivity index (χ0) is 24.2. The Balaban J connectivity index is 1.66. The number of carbonyl (C=O) groups excluding carboxylic acids is 1. The molecule has 0 aliphatic heterocycles. The van der Waals surface area contributed by atoms with Crippen LogP contribution in [0.4, 0.5) is 0 Å². The van der Waals surface area contributed by atoms with E-state index in [1.165, 1.54) is 20.3 Å². The molecule has 9 nitrogen and oxygen atoms in total. The van der Waals surface area contributed by atoms with Gasteiger partial charge in [-0.2, -0.15) is 0 Å². The molecule has 1 aromatic carbocycles. The minimum atomic E-state index is -0.314. The van der Waals surface area contributed by atoms with Crippen LogP contribution in [0.15, 0.2) is 56.2 Å². The van der Waals surface area contributed by atoms with E-state index in [0.717, 1.165) is 0 Å². The number of carbonyl (C=O) groups is 1. The lowest BCUT2D eigenvalue weighted by atomic mass is 10.1. The Hall–Kier alpha value is -4.27. The van der Waals surface area contributed by atoms with Crippen molar-refractivity contribution in [3.05, 3.63) is 69.8 Å². The molecule has 0 aliphatic rings. The summed E-state index contributed by atoms with van der Waals surface area (Å²) in [4.78, 5) is 29.7. The fourth-order valence-electron chi connectivity index (χ4n) is 3.68. The van der Waals surface area contributed by atoms with Crippen molar-refractivity contribution in [3.63, 3.8) is 0 Å². The Morgan fingerprint density at radius 2 is 1.76 bits per heavy atom. The molecule has 0 saturated heterocycles. The van der Waals surface area contributed by atoms with Crippen molar-refractivity contribution in [3.8, 4) is 28.6 Å². The number of amides is 1. The monoisotopic (exact) mass is 464 g/mol. The predicted octanol–water partition coefficient (Wildman–Crippen LogP) is 3.64. The summed E-state index contributed by atoms with van der Waals surface area (Å²) in [5.74, 6) is 2.13. The molecule has 0 aliphatic carbocycles. The van der Waals surface area contributed by atoms with E-state index in [9.17, 15) is 9.59 Å². The third-order valence-corrected chi connectivity index (χ3v) is 5.29. The summed E-state index contributed by atoms with van der Waals surface area (Å²) in [6, 6.07) is 10.2. The second-order valence-electron chi connectivity index (χ2n) is 7.46. The first-order valence-corrected chi connectivity index (χ1v) is 10.5. The molecule has 1 N–H and O–H groups in total. The maximum Gasteiger partial charge on any atom is 0.228 e. The Kier molecular flexibility index (Phi) is 6.53. The number of nitrogens with one attached hydrogen (secondary N) is 1. The molecule has 3 heterocycles. The highest BCUT2D eigenvalue weighted by atomic mass is 16.5. The molecule has 4 aromatic rings. The number of aromatic nitrogens is 1. The summed E-state index contributed by atoms with van der Waals surface area (Å²) in [5, 5.41) is 2.84. The van der Waals surface area contributed by atoms with Crippen molar-refractivity contribution in [2.75, 3.05) is 21.3 Å². The molecule has 9 heteroatoms. The second-order valence-corrected chi connectivity index (χ2v) is 7.46. The van der Waals surface area contributed by atoms with Gasteiger partial charge in [-0.15, -0.1) is 0 Å². The fourth-order valence-corrected chi connectivity index (χ4v) is 3.68. The van der Waals surface area contributed by atoms with Crippen LogP contribution >= 0.6 is 0 Å². The molecular weight excluding hydrogens is 440 g/mol. The lowest BCUT2D eigenvalue weighted by Gasteiger charge is -2.12. The summed E-state index contributed by atoms with van der Waals surface area (Å²) >= 11 is 0. The van der Waals surface area contributed by atoms with Crippen molar-refractivity contribution in [1.82, 2.24) is 10.3 Å². The van der Waals surface area contributed by atoms with Gasteiger partial charge in [-0.3, -0.25) is 14.6 Å². The molecule has 176 valence electrons. The molecule has 0 atom stereocenters. The van der Waals surface area contributed by atoms with Gasteiger partial charge in [0.15, 0.2) is 17.1 Å². The van der Waals surface area contributed by atoms with Crippen LogP contribution in [0.1, 0.15) is 17.0 Å². The highest BCUT2D eigenvalue weighted by Crippen LogP contribution is 2.34. The summed E-state index contributed by atoms with van der Waals surface area (Å²) in [5.41, 5.74) is 1.68. The molecule has 34 heavy (non-hydrogen) atoms. The van der Waals surface area contributed by atoms with Crippen molar-refractivity contribution in [1.29, 1.82) is 0 Å². The molecule has 0 unspecified atom stereocenters. The zero-order valence-electron chi connectivity index (χ0n) is 19.3.